The van der Waals surface area contributed by atoms with Crippen LogP contribution in [0.5, 0.6) is 5.75 Å². The number of aromatic hydroxyl groups is 1. The van der Waals surface area contributed by atoms with E-state index < -0.39 is 0 Å². The van der Waals surface area contributed by atoms with Crippen LogP contribution in [0.1, 0.15) is 43.5 Å². The largest absolute Gasteiger partial charge is 0.508 e. The Morgan fingerprint density at radius 2 is 1.52 bits per heavy atom. The van der Waals surface area contributed by atoms with Gasteiger partial charge in [-0.2, -0.15) is 0 Å². The van der Waals surface area contributed by atoms with Crippen LogP contribution in [0.25, 0.3) is 0 Å². The Labute approximate surface area is 138 Å². The molecule has 2 rings (SSSR count). The van der Waals surface area contributed by atoms with Crippen molar-refractivity contribution in [2.75, 3.05) is 0 Å². The molecule has 0 saturated carbocycles. The molecule has 0 bridgehead atoms. The Balaban J connectivity index is 1.91. The van der Waals surface area contributed by atoms with Gasteiger partial charge in [-0.3, -0.25) is 4.79 Å². The lowest BCUT2D eigenvalue weighted by molar-refractivity contribution is -0.121. The quantitative estimate of drug-likeness (QED) is 0.847. The van der Waals surface area contributed by atoms with Gasteiger partial charge in [0.15, 0.2) is 0 Å². The molecule has 0 aromatic heterocycles. The second kappa shape index (κ2) is 7.82. The molecular weight excluding hydrogens is 286 g/mol. The van der Waals surface area contributed by atoms with Crippen LogP contribution in [0.2, 0.25) is 0 Å². The van der Waals surface area contributed by atoms with Crippen molar-refractivity contribution in [1.82, 2.24) is 5.32 Å². The summed E-state index contributed by atoms with van der Waals surface area (Å²) in [6, 6.07) is 15.1. The molecule has 0 saturated heterocycles. The summed E-state index contributed by atoms with van der Waals surface area (Å²) in [6.07, 6.45) is 1.39. The van der Waals surface area contributed by atoms with Gasteiger partial charge >= 0.3 is 0 Å². The van der Waals surface area contributed by atoms with E-state index in [1.807, 2.05) is 6.92 Å². The van der Waals surface area contributed by atoms with Crippen molar-refractivity contribution in [2.45, 2.75) is 39.7 Å². The average Bonchev–Trinajstić information content (AvgIpc) is 2.49. The van der Waals surface area contributed by atoms with Gasteiger partial charge in [0.05, 0.1) is 12.5 Å². The number of benzene rings is 2. The molecule has 3 heteroatoms. The topological polar surface area (TPSA) is 49.3 Å². The van der Waals surface area contributed by atoms with Gasteiger partial charge in [-0.25, -0.2) is 0 Å². The number of phenols is 1. The van der Waals surface area contributed by atoms with Gasteiger partial charge in [-0.05, 0) is 48.1 Å². The van der Waals surface area contributed by atoms with Crippen molar-refractivity contribution < 1.29 is 9.90 Å². The van der Waals surface area contributed by atoms with E-state index >= 15 is 0 Å². The maximum Gasteiger partial charge on any atom is 0.224 e. The molecule has 23 heavy (non-hydrogen) atoms. The fourth-order valence-corrected chi connectivity index (χ4v) is 2.59. The minimum Gasteiger partial charge on any atom is -0.508 e. The van der Waals surface area contributed by atoms with Crippen molar-refractivity contribution >= 4 is 5.91 Å². The second-order valence-electron chi connectivity index (χ2n) is 6.47. The summed E-state index contributed by atoms with van der Waals surface area (Å²) in [7, 11) is 0. The van der Waals surface area contributed by atoms with E-state index in [1.54, 1.807) is 24.3 Å². The molecule has 2 N–H and O–H groups in total. The van der Waals surface area contributed by atoms with Crippen molar-refractivity contribution in [3.63, 3.8) is 0 Å². The van der Waals surface area contributed by atoms with Crippen LogP contribution in [-0.2, 0) is 17.6 Å². The van der Waals surface area contributed by atoms with Gasteiger partial charge in [0.1, 0.15) is 5.75 Å². The molecule has 122 valence electrons. The monoisotopic (exact) mass is 311 g/mol. The summed E-state index contributed by atoms with van der Waals surface area (Å²) >= 11 is 0. The molecule has 0 radical (unpaired) electrons. The zero-order chi connectivity index (χ0) is 16.8. The molecule has 1 amide bonds. The van der Waals surface area contributed by atoms with Crippen LogP contribution in [0.15, 0.2) is 48.5 Å². The molecule has 0 heterocycles. The van der Waals surface area contributed by atoms with Crippen molar-refractivity contribution in [3.05, 3.63) is 65.2 Å². The van der Waals surface area contributed by atoms with Gasteiger partial charge in [0.25, 0.3) is 0 Å². The van der Waals surface area contributed by atoms with Gasteiger partial charge in [0.2, 0.25) is 5.91 Å². The molecule has 1 unspecified atom stereocenters. The Hall–Kier alpha value is -2.29. The molecule has 0 spiro atoms. The number of hydrogen-bond acceptors (Lipinski definition) is 2. The Morgan fingerprint density at radius 1 is 0.957 bits per heavy atom. The highest BCUT2D eigenvalue weighted by atomic mass is 16.3. The maximum absolute atomic E-state index is 12.1. The lowest BCUT2D eigenvalue weighted by Gasteiger charge is -2.15. The van der Waals surface area contributed by atoms with E-state index in [9.17, 15) is 9.90 Å². The van der Waals surface area contributed by atoms with Crippen LogP contribution in [0.4, 0.5) is 0 Å². The van der Waals surface area contributed by atoms with Gasteiger partial charge < -0.3 is 10.4 Å². The van der Waals surface area contributed by atoms with Crippen LogP contribution in [0, 0.1) is 5.92 Å². The molecule has 0 aliphatic heterocycles. The lowest BCUT2D eigenvalue weighted by atomic mass is 10.00. The predicted octanol–water partition coefficient (Wildman–Crippen LogP) is 4.01. The molecule has 2 aromatic rings. The van der Waals surface area contributed by atoms with Crippen LogP contribution in [-0.4, -0.2) is 11.0 Å². The van der Waals surface area contributed by atoms with Gasteiger partial charge in [-0.15, -0.1) is 0 Å². The first-order valence-electron chi connectivity index (χ1n) is 8.10. The van der Waals surface area contributed by atoms with Crippen molar-refractivity contribution in [3.8, 4) is 5.75 Å². The summed E-state index contributed by atoms with van der Waals surface area (Å²) in [5, 5.41) is 12.3. The van der Waals surface area contributed by atoms with E-state index in [0.29, 0.717) is 12.3 Å². The molecule has 0 fully saturated rings. The van der Waals surface area contributed by atoms with Crippen LogP contribution in [0.3, 0.4) is 0 Å². The highest BCUT2D eigenvalue weighted by Gasteiger charge is 2.10. The SMILES string of the molecule is CC(C)Cc1ccc(C(C)NC(=O)Cc2ccc(O)cc2)cc1. The second-order valence-corrected chi connectivity index (χ2v) is 6.47. The zero-order valence-electron chi connectivity index (χ0n) is 14.0. The number of amides is 1. The Morgan fingerprint density at radius 3 is 2.09 bits per heavy atom. The minimum atomic E-state index is -0.0206. The number of carbonyl (C=O) groups excluding carboxylic acids is 1. The summed E-state index contributed by atoms with van der Waals surface area (Å²) in [5.41, 5.74) is 3.32. The van der Waals surface area contributed by atoms with E-state index in [2.05, 4.69) is 43.4 Å². The minimum absolute atomic E-state index is 0.0190. The molecule has 2 aromatic carbocycles. The predicted molar refractivity (Wildman–Crippen MR) is 93.4 cm³/mol. The molecule has 1 atom stereocenters. The third-order valence-electron chi connectivity index (χ3n) is 3.80. The Kier molecular flexibility index (Phi) is 5.80. The molecule has 0 aliphatic rings. The third kappa shape index (κ3) is 5.44. The van der Waals surface area contributed by atoms with Crippen LogP contribution < -0.4 is 5.32 Å². The zero-order valence-corrected chi connectivity index (χ0v) is 14.0. The van der Waals surface area contributed by atoms with E-state index in [0.717, 1.165) is 17.5 Å². The first kappa shape index (κ1) is 17.1. The fraction of sp³-hybridized carbons (Fsp3) is 0.350. The highest BCUT2D eigenvalue weighted by Crippen LogP contribution is 2.16. The fourth-order valence-electron chi connectivity index (χ4n) is 2.59. The van der Waals surface area contributed by atoms with E-state index in [-0.39, 0.29) is 17.7 Å². The molecular formula is C20H25NO2. The number of rotatable bonds is 6. The number of carbonyl (C=O) groups is 1. The van der Waals surface area contributed by atoms with Crippen LogP contribution >= 0.6 is 0 Å². The van der Waals surface area contributed by atoms with Crippen molar-refractivity contribution in [1.29, 1.82) is 0 Å². The highest BCUT2D eigenvalue weighted by molar-refractivity contribution is 5.79. The first-order valence-corrected chi connectivity index (χ1v) is 8.10. The normalized spacial score (nSPS) is 12.2. The van der Waals surface area contributed by atoms with Gasteiger partial charge in [0, 0.05) is 0 Å². The van der Waals surface area contributed by atoms with E-state index in [1.165, 1.54) is 5.56 Å². The first-order chi connectivity index (χ1) is 10.9. The van der Waals surface area contributed by atoms with E-state index in [4.69, 9.17) is 0 Å². The van der Waals surface area contributed by atoms with Crippen molar-refractivity contribution in [2.24, 2.45) is 5.92 Å². The standard InChI is InChI=1S/C20H25NO2/c1-14(2)12-16-4-8-18(9-5-16)15(3)21-20(23)13-17-6-10-19(22)11-7-17/h4-11,14-15,22H,12-13H2,1-3H3,(H,21,23). The summed E-state index contributed by atoms with van der Waals surface area (Å²) in [4.78, 5) is 12.1. The summed E-state index contributed by atoms with van der Waals surface area (Å²) in [6.45, 7) is 6.41. The Bertz CT molecular complexity index is 630. The number of phenolic OH excluding ortho intramolecular Hbond substituents is 1. The summed E-state index contributed by atoms with van der Waals surface area (Å²) in [5.74, 6) is 0.835. The number of nitrogens with one attached hydrogen (secondary N) is 1. The lowest BCUT2D eigenvalue weighted by Crippen LogP contribution is -2.28. The third-order valence-corrected chi connectivity index (χ3v) is 3.80. The molecule has 0 aliphatic carbocycles. The average molecular weight is 311 g/mol. The smallest absolute Gasteiger partial charge is 0.224 e. The maximum atomic E-state index is 12.1. The van der Waals surface area contributed by atoms with Gasteiger partial charge in [-0.1, -0.05) is 50.2 Å². The molecule has 3 nitrogen and oxygen atoms in total. The number of hydrogen-bond donors (Lipinski definition) is 2. The summed E-state index contributed by atoms with van der Waals surface area (Å²) < 4.78 is 0.